The molecule has 2 aliphatic rings. The largest absolute Gasteiger partial charge is 0.478 e. The van der Waals surface area contributed by atoms with Crippen LogP contribution in [0.3, 0.4) is 0 Å². The highest BCUT2D eigenvalue weighted by Crippen LogP contribution is 2.39. The molecule has 218 valence electrons. The Morgan fingerprint density at radius 1 is 1.02 bits per heavy atom. The molecule has 0 radical (unpaired) electrons. The molecule has 0 unspecified atom stereocenters. The number of halogens is 1. The first-order valence-corrected chi connectivity index (χ1v) is 13.6. The minimum Gasteiger partial charge on any atom is -0.478 e. The molecule has 3 aromatic carbocycles. The lowest BCUT2D eigenvalue weighted by Gasteiger charge is -2.32. The van der Waals surface area contributed by atoms with Crippen LogP contribution in [-0.4, -0.2) is 79.1 Å². The highest BCUT2D eigenvalue weighted by Gasteiger charge is 2.30. The Bertz CT molecular complexity index is 1550. The van der Waals surface area contributed by atoms with Gasteiger partial charge in [0.2, 0.25) is 0 Å². The number of carboxylic acids is 1. The fraction of sp³-hybridized carbons (Fsp3) is 0.258. The number of amides is 2. The molecule has 2 aliphatic heterocycles. The van der Waals surface area contributed by atoms with Gasteiger partial charge >= 0.3 is 5.97 Å². The highest BCUT2D eigenvalue weighted by atomic mass is 19.1. The molecule has 2 amide bonds. The summed E-state index contributed by atoms with van der Waals surface area (Å²) in [5, 5.41) is 15.4. The van der Waals surface area contributed by atoms with Crippen LogP contribution >= 0.6 is 0 Å². The third-order valence-corrected chi connectivity index (χ3v) is 7.41. The number of likely N-dealkylation sites (N-methyl/N-ethyl adjacent to an activating group) is 1. The third kappa shape index (κ3) is 6.33. The van der Waals surface area contributed by atoms with Crippen molar-refractivity contribution in [1.82, 2.24) is 15.3 Å². The molecule has 0 aliphatic carbocycles. The summed E-state index contributed by atoms with van der Waals surface area (Å²) >= 11 is 0. The molecule has 42 heavy (non-hydrogen) atoms. The van der Waals surface area contributed by atoms with Gasteiger partial charge in [-0.25, -0.2) is 14.7 Å². The monoisotopic (exact) mass is 573 g/mol. The molecule has 0 aromatic heterocycles. The first-order valence-electron chi connectivity index (χ1n) is 13.6. The van der Waals surface area contributed by atoms with Crippen LogP contribution in [-0.2, 0) is 9.63 Å². The van der Waals surface area contributed by atoms with Crippen LogP contribution in [0.25, 0.3) is 11.3 Å². The number of nitrogens with zero attached hydrogens (tertiary/aromatic N) is 2. The zero-order valence-corrected chi connectivity index (χ0v) is 23.4. The van der Waals surface area contributed by atoms with Crippen molar-refractivity contribution in [3.63, 3.8) is 0 Å². The number of nitrogens with one attached hydrogen (secondary N) is 3. The zero-order valence-electron chi connectivity index (χ0n) is 23.4. The van der Waals surface area contributed by atoms with Gasteiger partial charge in [-0.3, -0.25) is 19.3 Å². The fourth-order valence-electron chi connectivity index (χ4n) is 5.03. The van der Waals surface area contributed by atoms with Crippen molar-refractivity contribution in [2.75, 3.05) is 57.0 Å². The van der Waals surface area contributed by atoms with Crippen molar-refractivity contribution in [2.45, 2.75) is 6.92 Å². The molecule has 2 heterocycles. The maximum atomic E-state index is 15.1. The topological polar surface area (TPSA) is 123 Å². The number of aryl methyl sites for hydroxylation is 1. The lowest BCUT2D eigenvalue weighted by molar-refractivity contribution is -0.110. The van der Waals surface area contributed by atoms with E-state index in [4.69, 9.17) is 4.84 Å². The lowest BCUT2D eigenvalue weighted by atomic mass is 9.96. The molecular weight excluding hydrogens is 541 g/mol. The number of hydroxylamine groups is 1. The van der Waals surface area contributed by atoms with Crippen molar-refractivity contribution in [1.29, 1.82) is 0 Å². The molecule has 4 N–H and O–H groups in total. The van der Waals surface area contributed by atoms with E-state index in [1.807, 2.05) is 18.2 Å². The summed E-state index contributed by atoms with van der Waals surface area (Å²) in [5.74, 6) is -2.99. The van der Waals surface area contributed by atoms with E-state index in [0.717, 1.165) is 26.2 Å². The minimum atomic E-state index is -1.09. The predicted octanol–water partition coefficient (Wildman–Crippen LogP) is 3.67. The number of aromatic carboxylic acids is 1. The summed E-state index contributed by atoms with van der Waals surface area (Å²) in [5.41, 5.74) is 5.27. The molecule has 1 fully saturated rings. The van der Waals surface area contributed by atoms with E-state index < -0.39 is 23.6 Å². The number of benzene rings is 3. The van der Waals surface area contributed by atoms with Gasteiger partial charge in [-0.05, 0) is 55.4 Å². The number of fused-ring (bicyclic) bond motifs is 1. The zero-order chi connectivity index (χ0) is 29.8. The highest BCUT2D eigenvalue weighted by molar-refractivity contribution is 6.37. The number of hydrogen-bond donors (Lipinski definition) is 4. The van der Waals surface area contributed by atoms with Crippen molar-refractivity contribution in [2.24, 2.45) is 0 Å². The standard InChI is InChI=1S/C31H32FN5O5/c1-19-16-24-26(18-23(19)31(40)41)34-30(39)27(24)28(20-6-4-3-5-7-20)33-21-8-9-22(25(32)17-21)29(38)35-42-15-14-37-12-10-36(2)11-13-37/h3-9,16-18,33H,10-15H2,1-2H3,(H,34,39)(H,35,38)(H,40,41)/b28-27-. The van der Waals surface area contributed by atoms with Crippen molar-refractivity contribution >= 4 is 40.4 Å². The van der Waals surface area contributed by atoms with Crippen molar-refractivity contribution in [3.8, 4) is 0 Å². The van der Waals surface area contributed by atoms with Crippen LogP contribution < -0.4 is 16.1 Å². The maximum Gasteiger partial charge on any atom is 0.336 e. The number of piperazine rings is 1. The predicted molar refractivity (Wildman–Crippen MR) is 157 cm³/mol. The number of carbonyl (C=O) groups is 3. The average Bonchev–Trinajstić information content (AvgIpc) is 3.29. The Balaban J connectivity index is 1.35. The maximum absolute atomic E-state index is 15.1. The van der Waals surface area contributed by atoms with E-state index >= 15 is 4.39 Å². The van der Waals surface area contributed by atoms with Crippen LogP contribution in [0.2, 0.25) is 0 Å². The average molecular weight is 574 g/mol. The summed E-state index contributed by atoms with van der Waals surface area (Å²) < 4.78 is 15.1. The van der Waals surface area contributed by atoms with Gasteiger partial charge in [0.1, 0.15) is 5.82 Å². The Hall–Kier alpha value is -4.58. The molecule has 0 spiro atoms. The van der Waals surface area contributed by atoms with E-state index in [0.29, 0.717) is 40.3 Å². The first kappa shape index (κ1) is 28.9. The summed E-state index contributed by atoms with van der Waals surface area (Å²) in [7, 11) is 2.08. The van der Waals surface area contributed by atoms with Gasteiger partial charge in [0.05, 0.1) is 34.7 Å². The van der Waals surface area contributed by atoms with Gasteiger partial charge in [-0.1, -0.05) is 30.3 Å². The number of rotatable bonds is 9. The van der Waals surface area contributed by atoms with Crippen LogP contribution in [0, 0.1) is 12.7 Å². The molecule has 10 nitrogen and oxygen atoms in total. The third-order valence-electron chi connectivity index (χ3n) is 7.41. The molecule has 0 saturated carbocycles. The molecule has 5 rings (SSSR count). The second kappa shape index (κ2) is 12.5. The Labute approximate surface area is 242 Å². The lowest BCUT2D eigenvalue weighted by Crippen LogP contribution is -2.45. The molecule has 0 atom stereocenters. The molecule has 11 heteroatoms. The van der Waals surface area contributed by atoms with Crippen LogP contribution in [0.15, 0.2) is 60.7 Å². The first-order chi connectivity index (χ1) is 20.2. The SMILES string of the molecule is Cc1cc2c(cc1C(=O)O)NC(=O)/C2=C(\Nc1ccc(C(=O)NOCCN2CCN(C)CC2)c(F)c1)c1ccccc1. The Kier molecular flexibility index (Phi) is 8.62. The van der Waals surface area contributed by atoms with Gasteiger partial charge in [0.15, 0.2) is 0 Å². The van der Waals surface area contributed by atoms with Gasteiger partial charge < -0.3 is 20.6 Å². The Morgan fingerprint density at radius 3 is 2.45 bits per heavy atom. The quantitative estimate of drug-likeness (QED) is 0.174. The smallest absolute Gasteiger partial charge is 0.336 e. The van der Waals surface area contributed by atoms with Gasteiger partial charge in [-0.15, -0.1) is 0 Å². The van der Waals surface area contributed by atoms with Crippen LogP contribution in [0.4, 0.5) is 15.8 Å². The van der Waals surface area contributed by atoms with E-state index in [2.05, 4.69) is 33.0 Å². The Morgan fingerprint density at radius 2 is 1.76 bits per heavy atom. The summed E-state index contributed by atoms with van der Waals surface area (Å²) in [6.45, 7) is 6.40. The second-order valence-electron chi connectivity index (χ2n) is 10.3. The molecular formula is C31H32FN5O5. The molecule has 0 bridgehead atoms. The van der Waals surface area contributed by atoms with E-state index in [9.17, 15) is 19.5 Å². The van der Waals surface area contributed by atoms with Gasteiger partial charge in [-0.2, -0.15) is 0 Å². The van der Waals surface area contributed by atoms with E-state index in [-0.39, 0.29) is 23.3 Å². The van der Waals surface area contributed by atoms with E-state index in [1.54, 1.807) is 25.1 Å². The van der Waals surface area contributed by atoms with Crippen LogP contribution in [0.1, 0.15) is 37.4 Å². The number of anilines is 2. The summed E-state index contributed by atoms with van der Waals surface area (Å²) in [6, 6.07) is 16.2. The van der Waals surface area contributed by atoms with Crippen molar-refractivity contribution in [3.05, 3.63) is 94.3 Å². The summed E-state index contributed by atoms with van der Waals surface area (Å²) in [6.07, 6.45) is 0. The van der Waals surface area contributed by atoms with Gasteiger partial charge in [0, 0.05) is 44.0 Å². The minimum absolute atomic E-state index is 0.0868. The molecule has 3 aromatic rings. The van der Waals surface area contributed by atoms with Gasteiger partial charge in [0.25, 0.3) is 11.8 Å². The molecule has 1 saturated heterocycles. The van der Waals surface area contributed by atoms with E-state index in [1.165, 1.54) is 24.3 Å². The normalized spacial score (nSPS) is 16.5. The second-order valence-corrected chi connectivity index (χ2v) is 10.3. The van der Waals surface area contributed by atoms with Crippen molar-refractivity contribution < 1.29 is 28.7 Å². The number of hydrogen-bond acceptors (Lipinski definition) is 7. The van der Waals surface area contributed by atoms with Crippen LogP contribution in [0.5, 0.6) is 0 Å². The summed E-state index contributed by atoms with van der Waals surface area (Å²) in [4.78, 5) is 47.2. The number of carboxylic acid groups (broad SMARTS) is 1. The number of carbonyl (C=O) groups excluding carboxylic acids is 2. The fourth-order valence-corrected chi connectivity index (χ4v) is 5.03.